The van der Waals surface area contributed by atoms with Crippen LogP contribution in [0.5, 0.6) is 0 Å². The molecule has 0 atom stereocenters. The molecule has 0 aliphatic carbocycles. The fourth-order valence-electron chi connectivity index (χ4n) is 1.87. The zero-order valence-corrected chi connectivity index (χ0v) is 12.8. The molecule has 0 saturated heterocycles. The smallest absolute Gasteiger partial charge is 0.266 e. The summed E-state index contributed by atoms with van der Waals surface area (Å²) >= 11 is 1.36. The number of carbonyl (C=O) groups is 1. The van der Waals surface area contributed by atoms with Crippen molar-refractivity contribution < 1.29 is 9.18 Å². The van der Waals surface area contributed by atoms with E-state index in [1.165, 1.54) is 23.5 Å². The van der Waals surface area contributed by atoms with Crippen molar-refractivity contribution in [1.82, 2.24) is 10.2 Å². The quantitative estimate of drug-likeness (QED) is 0.752. The van der Waals surface area contributed by atoms with Gasteiger partial charge < -0.3 is 10.6 Å². The Morgan fingerprint density at radius 1 is 1.04 bits per heavy atom. The Bertz CT molecular complexity index is 773. The first-order valence-corrected chi connectivity index (χ1v) is 7.75. The molecule has 2 heterocycles. The molecule has 7 heteroatoms. The number of rotatable bonds is 5. The zero-order valence-electron chi connectivity index (χ0n) is 12.0. The second-order valence-electron chi connectivity index (χ2n) is 4.72. The highest BCUT2D eigenvalue weighted by molar-refractivity contribution is 7.12. The maximum Gasteiger partial charge on any atom is 0.266 e. The van der Waals surface area contributed by atoms with Gasteiger partial charge in [-0.25, -0.2) is 4.39 Å². The van der Waals surface area contributed by atoms with Crippen molar-refractivity contribution in [3.8, 4) is 0 Å². The van der Waals surface area contributed by atoms with Gasteiger partial charge in [0.25, 0.3) is 5.91 Å². The molecule has 3 aromatic rings. The van der Waals surface area contributed by atoms with Crippen LogP contribution in [0.25, 0.3) is 0 Å². The lowest BCUT2D eigenvalue weighted by Gasteiger charge is -2.06. The summed E-state index contributed by atoms with van der Waals surface area (Å²) in [4.78, 5) is 12.5. The average Bonchev–Trinajstić information content (AvgIpc) is 3.10. The fourth-order valence-corrected chi connectivity index (χ4v) is 2.49. The third-order valence-electron chi connectivity index (χ3n) is 3.04. The topological polar surface area (TPSA) is 66.9 Å². The second kappa shape index (κ2) is 6.97. The van der Waals surface area contributed by atoms with Gasteiger partial charge in [0.05, 0.1) is 4.88 Å². The van der Waals surface area contributed by atoms with E-state index in [0.717, 1.165) is 5.56 Å². The molecule has 0 aliphatic heterocycles. The first-order chi connectivity index (χ1) is 11.2. The van der Waals surface area contributed by atoms with Crippen molar-refractivity contribution in [2.45, 2.75) is 6.54 Å². The van der Waals surface area contributed by atoms with E-state index >= 15 is 0 Å². The molecule has 116 valence electrons. The van der Waals surface area contributed by atoms with Crippen molar-refractivity contribution in [1.29, 1.82) is 0 Å². The van der Waals surface area contributed by atoms with Crippen LogP contribution in [-0.4, -0.2) is 16.1 Å². The predicted molar refractivity (Wildman–Crippen MR) is 88.0 cm³/mol. The molecule has 3 rings (SSSR count). The first-order valence-electron chi connectivity index (χ1n) is 6.87. The molecular formula is C16H13FN4OS. The number of halogens is 1. The zero-order chi connectivity index (χ0) is 16.1. The summed E-state index contributed by atoms with van der Waals surface area (Å²) in [5.74, 6) is 0.486. The van der Waals surface area contributed by atoms with Gasteiger partial charge in [0.2, 0.25) is 0 Å². The monoisotopic (exact) mass is 328 g/mol. The molecule has 1 amide bonds. The fraction of sp³-hybridized carbons (Fsp3) is 0.0625. The standard InChI is InChI=1S/C16H13FN4OS/c17-12-5-3-11(4-6-12)10-18-14-7-8-15(21-20-14)19-16(22)13-2-1-9-23-13/h1-9H,10H2,(H,18,20)(H,19,21,22). The van der Waals surface area contributed by atoms with E-state index in [0.29, 0.717) is 23.1 Å². The largest absolute Gasteiger partial charge is 0.365 e. The molecule has 0 fully saturated rings. The van der Waals surface area contributed by atoms with Crippen LogP contribution in [0.3, 0.4) is 0 Å². The highest BCUT2D eigenvalue weighted by atomic mass is 32.1. The Balaban J connectivity index is 1.56. The lowest BCUT2D eigenvalue weighted by atomic mass is 10.2. The minimum absolute atomic E-state index is 0.207. The molecule has 0 spiro atoms. The van der Waals surface area contributed by atoms with Crippen LogP contribution < -0.4 is 10.6 Å². The summed E-state index contributed by atoms with van der Waals surface area (Å²) in [6, 6.07) is 13.2. The molecule has 0 radical (unpaired) electrons. The molecular weight excluding hydrogens is 315 g/mol. The number of benzene rings is 1. The van der Waals surface area contributed by atoms with Gasteiger partial charge in [0.15, 0.2) is 5.82 Å². The van der Waals surface area contributed by atoms with Gasteiger partial charge in [-0.3, -0.25) is 4.79 Å². The van der Waals surface area contributed by atoms with Crippen molar-refractivity contribution in [3.05, 3.63) is 70.2 Å². The van der Waals surface area contributed by atoms with Gasteiger partial charge in [0.1, 0.15) is 11.6 Å². The molecule has 1 aromatic carbocycles. The van der Waals surface area contributed by atoms with Gasteiger partial charge >= 0.3 is 0 Å². The maximum atomic E-state index is 12.8. The SMILES string of the molecule is O=C(Nc1ccc(NCc2ccc(F)cc2)nn1)c1cccs1. The van der Waals surface area contributed by atoms with E-state index in [1.54, 1.807) is 30.3 Å². The minimum atomic E-state index is -0.264. The normalized spacial score (nSPS) is 10.3. The van der Waals surface area contributed by atoms with Crippen LogP contribution in [0.15, 0.2) is 53.9 Å². The highest BCUT2D eigenvalue weighted by Crippen LogP contribution is 2.13. The van der Waals surface area contributed by atoms with Gasteiger partial charge in [-0.15, -0.1) is 21.5 Å². The third kappa shape index (κ3) is 4.10. The number of thiophene rings is 1. The van der Waals surface area contributed by atoms with Gasteiger partial charge in [-0.1, -0.05) is 18.2 Å². The molecule has 0 saturated carbocycles. The number of carbonyl (C=O) groups excluding carboxylic acids is 1. The number of nitrogens with zero attached hydrogens (tertiary/aromatic N) is 2. The molecule has 0 bridgehead atoms. The maximum absolute atomic E-state index is 12.8. The van der Waals surface area contributed by atoms with E-state index in [9.17, 15) is 9.18 Å². The van der Waals surface area contributed by atoms with Gasteiger partial charge in [-0.05, 0) is 41.3 Å². The first kappa shape index (κ1) is 15.1. The van der Waals surface area contributed by atoms with Gasteiger partial charge in [0, 0.05) is 6.54 Å². The number of aromatic nitrogens is 2. The van der Waals surface area contributed by atoms with Crippen molar-refractivity contribution in [2.24, 2.45) is 0 Å². The van der Waals surface area contributed by atoms with Crippen LogP contribution in [0.2, 0.25) is 0 Å². The number of hydrogen-bond acceptors (Lipinski definition) is 5. The lowest BCUT2D eigenvalue weighted by Crippen LogP contribution is -2.12. The van der Waals surface area contributed by atoms with E-state index < -0.39 is 0 Å². The van der Waals surface area contributed by atoms with E-state index in [2.05, 4.69) is 20.8 Å². The van der Waals surface area contributed by atoms with E-state index in [4.69, 9.17) is 0 Å². The summed E-state index contributed by atoms with van der Waals surface area (Å²) in [6.45, 7) is 0.510. The predicted octanol–water partition coefficient (Wildman–Crippen LogP) is 3.54. The Labute approximate surface area is 136 Å². The van der Waals surface area contributed by atoms with Crippen LogP contribution in [0.4, 0.5) is 16.0 Å². The van der Waals surface area contributed by atoms with Crippen molar-refractivity contribution in [3.63, 3.8) is 0 Å². The number of amides is 1. The van der Waals surface area contributed by atoms with E-state index in [-0.39, 0.29) is 11.7 Å². The Morgan fingerprint density at radius 3 is 2.43 bits per heavy atom. The van der Waals surface area contributed by atoms with Crippen LogP contribution >= 0.6 is 11.3 Å². The summed E-state index contributed by atoms with van der Waals surface area (Å²) in [6.07, 6.45) is 0. The Morgan fingerprint density at radius 2 is 1.78 bits per heavy atom. The average molecular weight is 328 g/mol. The summed E-state index contributed by atoms with van der Waals surface area (Å²) in [7, 11) is 0. The molecule has 23 heavy (non-hydrogen) atoms. The number of nitrogens with one attached hydrogen (secondary N) is 2. The summed E-state index contributed by atoms with van der Waals surface area (Å²) in [5.41, 5.74) is 0.934. The molecule has 0 unspecified atom stereocenters. The van der Waals surface area contributed by atoms with Crippen LogP contribution in [0.1, 0.15) is 15.2 Å². The van der Waals surface area contributed by atoms with Crippen LogP contribution in [-0.2, 0) is 6.54 Å². The highest BCUT2D eigenvalue weighted by Gasteiger charge is 2.07. The van der Waals surface area contributed by atoms with Crippen LogP contribution in [0, 0.1) is 5.82 Å². The number of anilines is 2. The molecule has 0 aliphatic rings. The van der Waals surface area contributed by atoms with E-state index in [1.807, 2.05) is 11.4 Å². The van der Waals surface area contributed by atoms with Crippen molar-refractivity contribution in [2.75, 3.05) is 10.6 Å². The number of hydrogen-bond donors (Lipinski definition) is 2. The summed E-state index contributed by atoms with van der Waals surface area (Å²) < 4.78 is 12.8. The Kier molecular flexibility index (Phi) is 4.58. The Hall–Kier alpha value is -2.80. The lowest BCUT2D eigenvalue weighted by molar-refractivity contribution is 0.103. The minimum Gasteiger partial charge on any atom is -0.365 e. The molecule has 2 aromatic heterocycles. The third-order valence-corrected chi connectivity index (χ3v) is 3.91. The molecule has 2 N–H and O–H groups in total. The van der Waals surface area contributed by atoms with Crippen molar-refractivity contribution >= 4 is 28.9 Å². The molecule has 5 nitrogen and oxygen atoms in total. The van der Waals surface area contributed by atoms with Gasteiger partial charge in [-0.2, -0.15) is 0 Å². The second-order valence-corrected chi connectivity index (χ2v) is 5.66. The summed E-state index contributed by atoms with van der Waals surface area (Å²) in [5, 5.41) is 15.6.